The van der Waals surface area contributed by atoms with E-state index in [4.69, 9.17) is 8.85 Å². The van der Waals surface area contributed by atoms with Crippen molar-refractivity contribution in [2.75, 3.05) is 41.4 Å². The van der Waals surface area contributed by atoms with Crippen LogP contribution in [0.3, 0.4) is 0 Å². The summed E-state index contributed by atoms with van der Waals surface area (Å²) in [7, 11) is 6.47. The highest BCUT2D eigenvalue weighted by molar-refractivity contribution is 6.65. The molecule has 0 saturated carbocycles. The van der Waals surface area contributed by atoms with Crippen LogP contribution in [0, 0.1) is 0 Å². The van der Waals surface area contributed by atoms with E-state index in [0.29, 0.717) is 0 Å². The van der Waals surface area contributed by atoms with E-state index >= 15 is 0 Å². The molecule has 0 rings (SSSR count). The van der Waals surface area contributed by atoms with Crippen molar-refractivity contribution in [3.63, 3.8) is 0 Å². The van der Waals surface area contributed by atoms with Crippen LogP contribution in [0.4, 0.5) is 0 Å². The van der Waals surface area contributed by atoms with E-state index in [9.17, 15) is 0 Å². The van der Waals surface area contributed by atoms with Crippen molar-refractivity contribution in [3.05, 3.63) is 0 Å². The maximum Gasteiger partial charge on any atom is 0.334 e. The molecule has 0 aliphatic heterocycles. The van der Waals surface area contributed by atoms with Crippen LogP contribution in [-0.2, 0) is 8.85 Å². The number of quaternary nitrogens is 1. The first kappa shape index (κ1) is 30.1. The van der Waals surface area contributed by atoms with Gasteiger partial charge in [-0.3, -0.25) is 0 Å². The number of hydrogen-bond donors (Lipinski definition) is 0. The first-order chi connectivity index (χ1) is 14.4. The Bertz CT molecular complexity index is 359. The van der Waals surface area contributed by atoms with Crippen LogP contribution >= 0.6 is 0 Å². The molecule has 0 spiro atoms. The fourth-order valence-corrected chi connectivity index (χ4v) is 5.69. The molecule has 0 radical (unpaired) electrons. The molecule has 0 N–H and O–H groups in total. The van der Waals surface area contributed by atoms with Crippen LogP contribution in [0.1, 0.15) is 116 Å². The molecule has 0 aliphatic rings. The standard InChI is InChI=1S/C26H58NO2Si/c1-7-8-9-10-11-12-13-14-15-16-17-18-19-20-21-22-24-27(2,3)25-23-26-30(6,28-4)29-5/h7-26H2,1-6H3/q+1. The van der Waals surface area contributed by atoms with Crippen molar-refractivity contribution in [1.82, 2.24) is 0 Å². The van der Waals surface area contributed by atoms with E-state index in [-0.39, 0.29) is 0 Å². The molecule has 0 unspecified atom stereocenters. The summed E-state index contributed by atoms with van der Waals surface area (Å²) in [6.07, 6.45) is 24.3. The largest absolute Gasteiger partial charge is 0.398 e. The van der Waals surface area contributed by atoms with Gasteiger partial charge in [0.25, 0.3) is 0 Å². The lowest BCUT2D eigenvalue weighted by Crippen LogP contribution is -2.43. The van der Waals surface area contributed by atoms with Crippen LogP contribution < -0.4 is 0 Å². The molecule has 0 aromatic rings. The first-order valence-electron chi connectivity index (χ1n) is 13.3. The Kier molecular flexibility index (Phi) is 19.8. The molecule has 3 nitrogen and oxygen atoms in total. The number of rotatable bonds is 23. The van der Waals surface area contributed by atoms with Gasteiger partial charge in [0.15, 0.2) is 0 Å². The molecular weight excluding hydrogens is 386 g/mol. The molecule has 0 fully saturated rings. The number of nitrogens with zero attached hydrogens (tertiary/aromatic N) is 1. The van der Waals surface area contributed by atoms with E-state index in [1.165, 1.54) is 122 Å². The highest BCUT2D eigenvalue weighted by atomic mass is 28.4. The second kappa shape index (κ2) is 19.8. The summed E-state index contributed by atoms with van der Waals surface area (Å²) in [5, 5.41) is 0. The van der Waals surface area contributed by atoms with Gasteiger partial charge in [-0.15, -0.1) is 0 Å². The van der Waals surface area contributed by atoms with Gasteiger partial charge in [0, 0.05) is 14.2 Å². The predicted octanol–water partition coefficient (Wildman–Crippen LogP) is 8.08. The normalized spacial score (nSPS) is 12.6. The Morgan fingerprint density at radius 2 is 0.867 bits per heavy atom. The quantitative estimate of drug-likeness (QED) is 0.0900. The Morgan fingerprint density at radius 1 is 0.533 bits per heavy atom. The van der Waals surface area contributed by atoms with Crippen molar-refractivity contribution in [1.29, 1.82) is 0 Å². The number of hydrogen-bond acceptors (Lipinski definition) is 2. The lowest BCUT2D eigenvalue weighted by atomic mass is 10.0. The average molecular weight is 445 g/mol. The van der Waals surface area contributed by atoms with Crippen LogP contribution in [-0.4, -0.2) is 54.4 Å². The van der Waals surface area contributed by atoms with Gasteiger partial charge >= 0.3 is 8.56 Å². The highest BCUT2D eigenvalue weighted by Gasteiger charge is 2.29. The molecule has 0 aromatic carbocycles. The van der Waals surface area contributed by atoms with Gasteiger partial charge in [-0.1, -0.05) is 96.8 Å². The maximum absolute atomic E-state index is 5.61. The van der Waals surface area contributed by atoms with Gasteiger partial charge in [0.1, 0.15) is 0 Å². The minimum absolute atomic E-state index is 1.10. The molecule has 0 saturated heterocycles. The molecule has 0 bridgehead atoms. The van der Waals surface area contributed by atoms with Gasteiger partial charge < -0.3 is 13.3 Å². The monoisotopic (exact) mass is 444 g/mol. The van der Waals surface area contributed by atoms with Crippen molar-refractivity contribution >= 4 is 8.56 Å². The second-order valence-electron chi connectivity index (χ2n) is 10.3. The van der Waals surface area contributed by atoms with Gasteiger partial charge in [-0.25, -0.2) is 0 Å². The predicted molar refractivity (Wildman–Crippen MR) is 136 cm³/mol. The Morgan fingerprint density at radius 3 is 1.23 bits per heavy atom. The third kappa shape index (κ3) is 18.8. The van der Waals surface area contributed by atoms with E-state index in [1.807, 2.05) is 0 Å². The summed E-state index contributed by atoms with van der Waals surface area (Å²) < 4.78 is 12.3. The van der Waals surface area contributed by atoms with E-state index in [2.05, 4.69) is 27.6 Å². The van der Waals surface area contributed by atoms with Crippen LogP contribution in [0.2, 0.25) is 12.6 Å². The molecule has 0 aromatic heterocycles. The van der Waals surface area contributed by atoms with Gasteiger partial charge in [-0.2, -0.15) is 0 Å². The zero-order valence-corrected chi connectivity index (χ0v) is 22.9. The second-order valence-corrected chi connectivity index (χ2v) is 13.9. The molecule has 4 heteroatoms. The van der Waals surface area contributed by atoms with E-state index in [0.717, 1.165) is 10.5 Å². The molecule has 0 amide bonds. The lowest BCUT2D eigenvalue weighted by Gasteiger charge is -2.31. The Hall–Kier alpha value is 0.0969. The highest BCUT2D eigenvalue weighted by Crippen LogP contribution is 2.17. The summed E-state index contributed by atoms with van der Waals surface area (Å²) in [5.41, 5.74) is 0. The molecule has 182 valence electrons. The van der Waals surface area contributed by atoms with Gasteiger partial charge in [-0.05, 0) is 31.9 Å². The smallest absolute Gasteiger partial charge is 0.334 e. The summed E-state index contributed by atoms with van der Waals surface area (Å²) in [6, 6.07) is 1.10. The zero-order chi connectivity index (χ0) is 22.6. The Labute approximate surface area is 192 Å². The summed E-state index contributed by atoms with van der Waals surface area (Å²) in [6.45, 7) is 7.00. The van der Waals surface area contributed by atoms with Gasteiger partial charge in [0.2, 0.25) is 0 Å². The average Bonchev–Trinajstić information content (AvgIpc) is 2.73. The van der Waals surface area contributed by atoms with Crippen LogP contribution in [0.5, 0.6) is 0 Å². The molecule has 0 atom stereocenters. The summed E-state index contributed by atoms with van der Waals surface area (Å²) in [5.74, 6) is 0. The number of unbranched alkanes of at least 4 members (excludes halogenated alkanes) is 15. The molecule has 30 heavy (non-hydrogen) atoms. The minimum Gasteiger partial charge on any atom is -0.398 e. The first-order valence-corrected chi connectivity index (χ1v) is 15.8. The SMILES string of the molecule is CCCCCCCCCCCCCCCCCC[N+](C)(C)CCC[Si](C)(OC)OC. The van der Waals surface area contributed by atoms with Crippen LogP contribution in [0.15, 0.2) is 0 Å². The lowest BCUT2D eigenvalue weighted by molar-refractivity contribution is -0.890. The van der Waals surface area contributed by atoms with Crippen molar-refractivity contribution in [2.45, 2.75) is 129 Å². The van der Waals surface area contributed by atoms with Gasteiger partial charge in [0.05, 0.1) is 27.2 Å². The van der Waals surface area contributed by atoms with Crippen molar-refractivity contribution in [2.24, 2.45) is 0 Å². The maximum atomic E-state index is 5.61. The topological polar surface area (TPSA) is 18.5 Å². The minimum atomic E-state index is -1.88. The third-order valence-corrected chi connectivity index (χ3v) is 9.86. The zero-order valence-electron chi connectivity index (χ0n) is 21.9. The van der Waals surface area contributed by atoms with Crippen molar-refractivity contribution in [3.8, 4) is 0 Å². The van der Waals surface area contributed by atoms with E-state index in [1.54, 1.807) is 14.2 Å². The Balaban J connectivity index is 3.40. The fraction of sp³-hybridized carbons (Fsp3) is 1.00. The molecule has 0 heterocycles. The summed E-state index contributed by atoms with van der Waals surface area (Å²) >= 11 is 0. The van der Waals surface area contributed by atoms with Crippen molar-refractivity contribution < 1.29 is 13.3 Å². The molecule has 0 aliphatic carbocycles. The van der Waals surface area contributed by atoms with Crippen LogP contribution in [0.25, 0.3) is 0 Å². The molecular formula is C26H58NO2Si+. The summed E-state index contributed by atoms with van der Waals surface area (Å²) in [4.78, 5) is 0. The third-order valence-electron chi connectivity index (χ3n) is 6.87. The van der Waals surface area contributed by atoms with E-state index < -0.39 is 8.56 Å². The fourth-order valence-electron chi connectivity index (χ4n) is 4.32.